The highest BCUT2D eigenvalue weighted by atomic mass is 35.5. The number of halogens is 1. The van der Waals surface area contributed by atoms with Crippen molar-refractivity contribution in [1.82, 2.24) is 10.3 Å². The maximum Gasteiger partial charge on any atom is 0.253 e. The molecule has 1 N–H and O–H groups in total. The lowest BCUT2D eigenvalue weighted by Gasteiger charge is -2.07. The number of carbonyl (C=O) groups is 1. The summed E-state index contributed by atoms with van der Waals surface area (Å²) in [5.41, 5.74) is 1.23. The fraction of sp³-hybridized carbons (Fsp3) is 0.286. The van der Waals surface area contributed by atoms with E-state index < -0.39 is 0 Å². The number of nitrogens with zero attached hydrogens (tertiary/aromatic N) is 1. The lowest BCUT2D eigenvalue weighted by molar-refractivity contribution is 0.0954. The summed E-state index contributed by atoms with van der Waals surface area (Å²) in [4.78, 5) is 16.3. The van der Waals surface area contributed by atoms with Crippen LogP contribution < -0.4 is 5.32 Å². The average molecular weight is 263 g/mol. The second kappa shape index (κ2) is 5.83. The van der Waals surface area contributed by atoms with Gasteiger partial charge in [0, 0.05) is 18.1 Å². The predicted octanol–water partition coefficient (Wildman–Crippen LogP) is 3.42. The molecule has 4 heteroatoms. The van der Waals surface area contributed by atoms with Crippen LogP contribution in [0, 0.1) is 0 Å². The summed E-state index contributed by atoms with van der Waals surface area (Å²) >= 11 is 6.09. The largest absolute Gasteiger partial charge is 0.352 e. The number of benzene rings is 1. The predicted molar refractivity (Wildman–Crippen MR) is 74.0 cm³/mol. The third-order valence-corrected chi connectivity index (χ3v) is 3.11. The van der Waals surface area contributed by atoms with Crippen molar-refractivity contribution in [2.75, 3.05) is 6.54 Å². The normalized spacial score (nSPS) is 10.6. The molecule has 0 saturated carbocycles. The molecule has 0 aliphatic heterocycles. The summed E-state index contributed by atoms with van der Waals surface area (Å²) in [6.07, 6.45) is 3.70. The van der Waals surface area contributed by atoms with Gasteiger partial charge in [-0.25, -0.2) is 0 Å². The Morgan fingerprint density at radius 2 is 2.22 bits per heavy atom. The number of rotatable bonds is 4. The highest BCUT2D eigenvalue weighted by Gasteiger charge is 2.12. The lowest BCUT2D eigenvalue weighted by atomic mass is 10.1. The minimum absolute atomic E-state index is 0.0937. The van der Waals surface area contributed by atoms with Crippen molar-refractivity contribution in [3.63, 3.8) is 0 Å². The van der Waals surface area contributed by atoms with E-state index in [4.69, 9.17) is 11.6 Å². The van der Waals surface area contributed by atoms with E-state index in [0.717, 1.165) is 18.2 Å². The maximum atomic E-state index is 12.1. The fourth-order valence-electron chi connectivity index (χ4n) is 1.80. The first-order valence-corrected chi connectivity index (χ1v) is 6.43. The van der Waals surface area contributed by atoms with Gasteiger partial charge in [-0.05, 0) is 30.7 Å². The lowest BCUT2D eigenvalue weighted by Crippen LogP contribution is -2.24. The molecule has 3 nitrogen and oxygen atoms in total. The van der Waals surface area contributed by atoms with E-state index >= 15 is 0 Å². The molecule has 1 aromatic carbocycles. The van der Waals surface area contributed by atoms with Gasteiger partial charge in [0.2, 0.25) is 0 Å². The number of nitrogens with one attached hydrogen (secondary N) is 1. The molecular weight excluding hydrogens is 248 g/mol. The van der Waals surface area contributed by atoms with Crippen molar-refractivity contribution in [2.24, 2.45) is 0 Å². The summed E-state index contributed by atoms with van der Waals surface area (Å²) < 4.78 is 0. The molecule has 0 fully saturated rings. The van der Waals surface area contributed by atoms with Gasteiger partial charge >= 0.3 is 0 Å². The SMILES string of the molecule is CCCCNC(=O)c1ccc(Cl)c2cccnc12. The van der Waals surface area contributed by atoms with Crippen LogP contribution in [0.15, 0.2) is 30.5 Å². The quantitative estimate of drug-likeness (QED) is 0.858. The van der Waals surface area contributed by atoms with Crippen molar-refractivity contribution in [2.45, 2.75) is 19.8 Å². The molecule has 2 rings (SSSR count). The Morgan fingerprint density at radius 1 is 1.39 bits per heavy atom. The van der Waals surface area contributed by atoms with Crippen molar-refractivity contribution in [3.8, 4) is 0 Å². The number of pyridine rings is 1. The molecule has 0 unspecified atom stereocenters. The maximum absolute atomic E-state index is 12.1. The average Bonchev–Trinajstić information content (AvgIpc) is 2.39. The van der Waals surface area contributed by atoms with Crippen LogP contribution in [0.1, 0.15) is 30.1 Å². The number of unbranched alkanes of at least 4 members (excludes halogenated alkanes) is 1. The second-order valence-corrected chi connectivity index (χ2v) is 4.51. The zero-order chi connectivity index (χ0) is 13.0. The molecule has 1 amide bonds. The van der Waals surface area contributed by atoms with Crippen LogP contribution in [0.4, 0.5) is 0 Å². The number of fused-ring (bicyclic) bond motifs is 1. The molecule has 0 radical (unpaired) electrons. The van der Waals surface area contributed by atoms with Gasteiger partial charge in [-0.3, -0.25) is 9.78 Å². The highest BCUT2D eigenvalue weighted by molar-refractivity contribution is 6.35. The van der Waals surface area contributed by atoms with Crippen molar-refractivity contribution < 1.29 is 4.79 Å². The standard InChI is InChI=1S/C14H15ClN2O/c1-2-3-8-17-14(18)11-6-7-12(15)10-5-4-9-16-13(10)11/h4-7,9H,2-3,8H2,1H3,(H,17,18). The minimum Gasteiger partial charge on any atom is -0.352 e. The first kappa shape index (κ1) is 12.8. The molecule has 0 atom stereocenters. The van der Waals surface area contributed by atoms with Crippen molar-refractivity contribution in [1.29, 1.82) is 0 Å². The molecule has 0 aliphatic rings. The van der Waals surface area contributed by atoms with E-state index in [1.165, 1.54) is 0 Å². The van der Waals surface area contributed by atoms with Crippen LogP contribution in [-0.2, 0) is 0 Å². The van der Waals surface area contributed by atoms with Gasteiger partial charge < -0.3 is 5.32 Å². The molecule has 0 saturated heterocycles. The van der Waals surface area contributed by atoms with Crippen LogP contribution in [0.2, 0.25) is 5.02 Å². The second-order valence-electron chi connectivity index (χ2n) is 4.10. The van der Waals surface area contributed by atoms with E-state index in [-0.39, 0.29) is 5.91 Å². The molecule has 94 valence electrons. The number of amides is 1. The van der Waals surface area contributed by atoms with Gasteiger partial charge in [-0.1, -0.05) is 24.9 Å². The Morgan fingerprint density at radius 3 is 3.00 bits per heavy atom. The Labute approximate surface area is 111 Å². The molecule has 2 aromatic rings. The van der Waals surface area contributed by atoms with Gasteiger partial charge in [0.25, 0.3) is 5.91 Å². The van der Waals surface area contributed by atoms with Gasteiger partial charge in [-0.15, -0.1) is 0 Å². The van der Waals surface area contributed by atoms with E-state index in [1.807, 2.05) is 12.1 Å². The highest BCUT2D eigenvalue weighted by Crippen LogP contribution is 2.24. The summed E-state index contributed by atoms with van der Waals surface area (Å²) in [6.45, 7) is 2.78. The van der Waals surface area contributed by atoms with Gasteiger partial charge in [0.1, 0.15) is 0 Å². The third-order valence-electron chi connectivity index (χ3n) is 2.78. The summed E-state index contributed by atoms with van der Waals surface area (Å²) in [7, 11) is 0. The smallest absolute Gasteiger partial charge is 0.253 e. The van der Waals surface area contributed by atoms with Crippen LogP contribution in [-0.4, -0.2) is 17.4 Å². The topological polar surface area (TPSA) is 42.0 Å². The van der Waals surface area contributed by atoms with Gasteiger partial charge in [0.05, 0.1) is 16.1 Å². The van der Waals surface area contributed by atoms with Crippen LogP contribution in [0.25, 0.3) is 10.9 Å². The number of aromatic nitrogens is 1. The molecule has 1 heterocycles. The van der Waals surface area contributed by atoms with E-state index in [0.29, 0.717) is 22.6 Å². The van der Waals surface area contributed by atoms with Crippen molar-refractivity contribution in [3.05, 3.63) is 41.0 Å². The fourth-order valence-corrected chi connectivity index (χ4v) is 2.01. The number of hydrogen-bond donors (Lipinski definition) is 1. The molecule has 0 bridgehead atoms. The Balaban J connectivity index is 2.33. The third kappa shape index (κ3) is 2.62. The zero-order valence-corrected chi connectivity index (χ0v) is 11.0. The van der Waals surface area contributed by atoms with Crippen LogP contribution >= 0.6 is 11.6 Å². The molecule has 0 aliphatic carbocycles. The first-order valence-electron chi connectivity index (χ1n) is 6.05. The van der Waals surface area contributed by atoms with Gasteiger partial charge in [-0.2, -0.15) is 0 Å². The zero-order valence-electron chi connectivity index (χ0n) is 10.2. The molecular formula is C14H15ClN2O. The number of hydrogen-bond acceptors (Lipinski definition) is 2. The molecule has 0 spiro atoms. The minimum atomic E-state index is -0.0937. The first-order chi connectivity index (χ1) is 8.74. The van der Waals surface area contributed by atoms with Gasteiger partial charge in [0.15, 0.2) is 0 Å². The Bertz CT molecular complexity index is 569. The summed E-state index contributed by atoms with van der Waals surface area (Å²) in [6, 6.07) is 7.14. The molecule has 18 heavy (non-hydrogen) atoms. The Hall–Kier alpha value is -1.61. The van der Waals surface area contributed by atoms with Crippen molar-refractivity contribution >= 4 is 28.4 Å². The summed E-state index contributed by atoms with van der Waals surface area (Å²) in [5.74, 6) is -0.0937. The van der Waals surface area contributed by atoms with Crippen LogP contribution in [0.3, 0.4) is 0 Å². The Kier molecular flexibility index (Phi) is 4.15. The number of carbonyl (C=O) groups excluding carboxylic acids is 1. The van der Waals surface area contributed by atoms with Crippen LogP contribution in [0.5, 0.6) is 0 Å². The monoisotopic (exact) mass is 262 g/mol. The molecule has 1 aromatic heterocycles. The van der Waals surface area contributed by atoms with E-state index in [9.17, 15) is 4.79 Å². The summed E-state index contributed by atoms with van der Waals surface area (Å²) in [5, 5.41) is 4.31. The van der Waals surface area contributed by atoms with E-state index in [1.54, 1.807) is 18.3 Å². The van der Waals surface area contributed by atoms with E-state index in [2.05, 4.69) is 17.2 Å².